The summed E-state index contributed by atoms with van der Waals surface area (Å²) in [5.74, 6) is 0.228. The highest BCUT2D eigenvalue weighted by Crippen LogP contribution is 2.66. The van der Waals surface area contributed by atoms with Gasteiger partial charge in [0.25, 0.3) is 0 Å². The van der Waals surface area contributed by atoms with Crippen LogP contribution >= 0.6 is 19.1 Å². The second-order valence-corrected chi connectivity index (χ2v) is 12.0. The van der Waals surface area contributed by atoms with Gasteiger partial charge in [0.05, 0.1) is 6.04 Å². The van der Waals surface area contributed by atoms with E-state index in [9.17, 15) is 8.96 Å². The highest BCUT2D eigenvalue weighted by atomic mass is 35.5. The van der Waals surface area contributed by atoms with Gasteiger partial charge in [0.15, 0.2) is 0 Å². The van der Waals surface area contributed by atoms with Crippen LogP contribution in [0.1, 0.15) is 35.7 Å². The van der Waals surface area contributed by atoms with Crippen LogP contribution in [0.25, 0.3) is 21.5 Å². The smallest absolute Gasteiger partial charge is 0.335 e. The van der Waals surface area contributed by atoms with E-state index in [2.05, 4.69) is 24.3 Å². The van der Waals surface area contributed by atoms with E-state index in [0.29, 0.717) is 5.75 Å². The highest BCUT2D eigenvalue weighted by Gasteiger charge is 2.48. The number of hydrogen-bond donors (Lipinski definition) is 0. The molecule has 0 radical (unpaired) electrons. The molecule has 3 nitrogen and oxygen atoms in total. The van der Waals surface area contributed by atoms with Gasteiger partial charge in [-0.25, -0.2) is 9.06 Å². The van der Waals surface area contributed by atoms with E-state index in [4.69, 9.17) is 16.1 Å². The van der Waals surface area contributed by atoms with Crippen LogP contribution in [-0.4, -0.2) is 10.3 Å². The lowest BCUT2D eigenvalue weighted by Gasteiger charge is -2.45. The first kappa shape index (κ1) is 23.2. The van der Waals surface area contributed by atoms with Crippen LogP contribution < -0.4 is 4.52 Å². The first-order valence-corrected chi connectivity index (χ1v) is 14.2. The van der Waals surface area contributed by atoms with Crippen molar-refractivity contribution in [3.8, 4) is 5.75 Å². The molecule has 0 bridgehead atoms. The fourth-order valence-corrected chi connectivity index (χ4v) is 7.94. The van der Waals surface area contributed by atoms with Gasteiger partial charge in [0, 0.05) is 11.6 Å². The molecule has 1 heterocycles. The van der Waals surface area contributed by atoms with E-state index in [0.717, 1.165) is 38.2 Å². The summed E-state index contributed by atoms with van der Waals surface area (Å²) < 4.78 is 36.7. The topological polar surface area (TPSA) is 29.5 Å². The Morgan fingerprint density at radius 2 is 1.50 bits per heavy atom. The van der Waals surface area contributed by atoms with Crippen molar-refractivity contribution in [2.24, 2.45) is 0 Å². The van der Waals surface area contributed by atoms with Gasteiger partial charge >= 0.3 is 7.52 Å². The Morgan fingerprint density at radius 1 is 0.861 bits per heavy atom. The van der Waals surface area contributed by atoms with Crippen LogP contribution in [0.3, 0.4) is 0 Å². The third-order valence-corrected chi connectivity index (χ3v) is 10.0. The Kier molecular flexibility index (Phi) is 5.84. The van der Waals surface area contributed by atoms with Gasteiger partial charge in [-0.1, -0.05) is 84.9 Å². The summed E-state index contributed by atoms with van der Waals surface area (Å²) in [4.78, 5) is 0. The molecule has 0 fully saturated rings. The predicted molar refractivity (Wildman–Crippen MR) is 145 cm³/mol. The van der Waals surface area contributed by atoms with E-state index in [1.54, 1.807) is 12.1 Å². The summed E-state index contributed by atoms with van der Waals surface area (Å²) in [6, 6.07) is 31.9. The molecule has 0 saturated carbocycles. The molecule has 1 aliphatic heterocycles. The molecule has 5 aromatic carbocycles. The summed E-state index contributed by atoms with van der Waals surface area (Å²) in [6.45, 7) is 2.04. The number of alkyl halides is 1. The maximum absolute atomic E-state index is 14.5. The van der Waals surface area contributed by atoms with E-state index >= 15 is 0 Å². The highest BCUT2D eigenvalue weighted by molar-refractivity contribution is 7.58. The van der Waals surface area contributed by atoms with Crippen LogP contribution in [0.15, 0.2) is 103 Å². The lowest BCUT2D eigenvalue weighted by Crippen LogP contribution is -2.35. The molecule has 0 spiro atoms. The summed E-state index contributed by atoms with van der Waals surface area (Å²) in [6.07, 6.45) is 0. The molecule has 36 heavy (non-hydrogen) atoms. The molecule has 0 aliphatic carbocycles. The fourth-order valence-electron chi connectivity index (χ4n) is 5.44. The van der Waals surface area contributed by atoms with Gasteiger partial charge in [0.2, 0.25) is 0 Å². The van der Waals surface area contributed by atoms with Gasteiger partial charge in [-0.15, -0.1) is 11.6 Å². The first-order valence-electron chi connectivity index (χ1n) is 11.9. The van der Waals surface area contributed by atoms with Crippen LogP contribution in [0.2, 0.25) is 0 Å². The maximum Gasteiger partial charge on any atom is 0.335 e. The molecule has 6 rings (SSSR count). The third kappa shape index (κ3) is 3.72. The Hall–Kier alpha value is -3.17. The Bertz CT molecular complexity index is 1630. The second kappa shape index (κ2) is 9.05. The quantitative estimate of drug-likeness (QED) is 0.176. The zero-order chi connectivity index (χ0) is 24.9. The summed E-state index contributed by atoms with van der Waals surface area (Å²) in [7, 11) is -3.54. The number of benzene rings is 5. The van der Waals surface area contributed by atoms with Gasteiger partial charge in [-0.05, 0) is 57.8 Å². The lowest BCUT2D eigenvalue weighted by molar-refractivity contribution is 0.244. The Balaban J connectivity index is 1.65. The molecule has 1 aliphatic rings. The van der Waals surface area contributed by atoms with Crippen molar-refractivity contribution in [2.45, 2.75) is 19.0 Å². The second-order valence-electron chi connectivity index (χ2n) is 9.13. The van der Waals surface area contributed by atoms with Crippen molar-refractivity contribution in [1.82, 2.24) is 4.67 Å². The molecule has 0 aromatic heterocycles. The molecule has 3 unspecified atom stereocenters. The van der Waals surface area contributed by atoms with Crippen molar-refractivity contribution >= 4 is 40.7 Å². The van der Waals surface area contributed by atoms with Gasteiger partial charge < -0.3 is 4.52 Å². The molecule has 3 atom stereocenters. The van der Waals surface area contributed by atoms with E-state index in [1.165, 1.54) is 12.1 Å². The normalized spacial score (nSPS) is 20.7. The summed E-state index contributed by atoms with van der Waals surface area (Å²) in [5.41, 5.74) is 2.59. The molecule has 0 amide bonds. The van der Waals surface area contributed by atoms with Gasteiger partial charge in [0.1, 0.15) is 17.2 Å². The van der Waals surface area contributed by atoms with Crippen molar-refractivity contribution < 1.29 is 13.5 Å². The van der Waals surface area contributed by atoms with Crippen LogP contribution in [-0.2, 0) is 4.57 Å². The summed E-state index contributed by atoms with van der Waals surface area (Å²) in [5, 5.41) is 4.23. The van der Waals surface area contributed by atoms with Crippen LogP contribution in [0.4, 0.5) is 4.39 Å². The minimum atomic E-state index is -3.54. The van der Waals surface area contributed by atoms with Crippen molar-refractivity contribution in [2.75, 3.05) is 5.62 Å². The first-order chi connectivity index (χ1) is 17.5. The standard InChI is InChI=1S/C30H24ClFNO2P/c1-20(25-12-6-9-21-7-2-4-10-26(21)25)33-30(23-13-16-24(32)17-14-23)29-27-11-5-3-8-22(27)15-18-28(29)35-36(33,34)19-31/h2-18,20,30H,19H2,1H3. The van der Waals surface area contributed by atoms with Crippen molar-refractivity contribution in [3.05, 3.63) is 126 Å². The number of rotatable bonds is 4. The largest absolute Gasteiger partial charge is 0.431 e. The fraction of sp³-hybridized carbons (Fsp3) is 0.133. The number of nitrogens with zero attached hydrogens (tertiary/aromatic N) is 1. The molecule has 6 heteroatoms. The molecular weight excluding hydrogens is 492 g/mol. The van der Waals surface area contributed by atoms with Crippen LogP contribution in [0.5, 0.6) is 5.75 Å². The minimum absolute atomic E-state index is 0.175. The molecule has 0 N–H and O–H groups in total. The number of halogens is 2. The van der Waals surface area contributed by atoms with E-state index in [-0.39, 0.29) is 17.5 Å². The maximum atomic E-state index is 14.5. The SMILES string of the molecule is CC(c1cccc2ccccc12)N1C(c2ccc(F)cc2)c2c(ccc3ccccc23)OP1(=O)CCl. The number of fused-ring (bicyclic) bond motifs is 4. The zero-order valence-corrected chi connectivity index (χ0v) is 21.3. The van der Waals surface area contributed by atoms with Crippen LogP contribution in [0, 0.1) is 5.82 Å². The Morgan fingerprint density at radius 3 is 2.22 bits per heavy atom. The number of hydrogen-bond acceptors (Lipinski definition) is 2. The summed E-state index contributed by atoms with van der Waals surface area (Å²) >= 11 is 6.44. The van der Waals surface area contributed by atoms with Crippen molar-refractivity contribution in [1.29, 1.82) is 0 Å². The predicted octanol–water partition coefficient (Wildman–Crippen LogP) is 9.07. The van der Waals surface area contributed by atoms with E-state index in [1.807, 2.05) is 66.2 Å². The molecule has 180 valence electrons. The molecule has 0 saturated heterocycles. The van der Waals surface area contributed by atoms with Crippen molar-refractivity contribution in [3.63, 3.8) is 0 Å². The van der Waals surface area contributed by atoms with Gasteiger partial charge in [-0.2, -0.15) is 0 Å². The lowest BCUT2D eigenvalue weighted by atomic mass is 9.91. The molecule has 5 aromatic rings. The third-order valence-electron chi connectivity index (χ3n) is 7.07. The Labute approximate surface area is 214 Å². The molecular formula is C30H24ClFNO2P. The van der Waals surface area contributed by atoms with Gasteiger partial charge in [-0.3, -0.25) is 4.57 Å². The minimum Gasteiger partial charge on any atom is -0.431 e. The van der Waals surface area contributed by atoms with E-state index < -0.39 is 13.6 Å². The average molecular weight is 516 g/mol. The monoisotopic (exact) mass is 515 g/mol. The zero-order valence-electron chi connectivity index (χ0n) is 19.6. The average Bonchev–Trinajstić information content (AvgIpc) is 2.92.